The second-order valence-electron chi connectivity index (χ2n) is 5.36. The van der Waals surface area contributed by atoms with E-state index in [1.807, 2.05) is 0 Å². The Morgan fingerprint density at radius 2 is 1.52 bits per heavy atom. The number of carbonyl (C=O) groups is 4. The normalized spacial score (nSPS) is 12.8. The maximum atomic E-state index is 12.2. The number of hydrogen-bond acceptors (Lipinski definition) is 5. The van der Waals surface area contributed by atoms with Crippen LogP contribution in [-0.4, -0.2) is 42.2 Å². The highest BCUT2D eigenvalue weighted by molar-refractivity contribution is 6.22. The number of esters is 1. The molecule has 0 bridgehead atoms. The Morgan fingerprint density at radius 3 is 2.04 bits per heavy atom. The van der Waals surface area contributed by atoms with Crippen LogP contribution in [0.3, 0.4) is 0 Å². The number of imide groups is 1. The lowest BCUT2D eigenvalue weighted by Gasteiger charge is -2.13. The van der Waals surface area contributed by atoms with Crippen LogP contribution >= 0.6 is 0 Å². The van der Waals surface area contributed by atoms with Gasteiger partial charge in [0.05, 0.1) is 23.8 Å². The third-order valence-electron chi connectivity index (χ3n) is 3.77. The number of hydrogen-bond donors (Lipinski definition) is 1. The van der Waals surface area contributed by atoms with Crippen LogP contribution in [0.15, 0.2) is 48.5 Å². The average Bonchev–Trinajstić information content (AvgIpc) is 2.87. The fourth-order valence-electron chi connectivity index (χ4n) is 2.53. The molecular formula is C18H14N2O5. The van der Waals surface area contributed by atoms with Gasteiger partial charge in [0, 0.05) is 5.69 Å². The fraction of sp³-hybridized carbons (Fsp3) is 0.111. The highest BCUT2D eigenvalue weighted by Gasteiger charge is 2.36. The third-order valence-corrected chi connectivity index (χ3v) is 3.77. The van der Waals surface area contributed by atoms with Gasteiger partial charge in [-0.15, -0.1) is 0 Å². The summed E-state index contributed by atoms with van der Waals surface area (Å²) in [6, 6.07) is 12.5. The molecule has 3 rings (SSSR count). The zero-order valence-electron chi connectivity index (χ0n) is 13.3. The van der Waals surface area contributed by atoms with Gasteiger partial charge in [-0.25, -0.2) is 4.79 Å². The van der Waals surface area contributed by atoms with Crippen molar-refractivity contribution in [3.63, 3.8) is 0 Å². The van der Waals surface area contributed by atoms with Crippen molar-refractivity contribution in [3.05, 3.63) is 65.2 Å². The van der Waals surface area contributed by atoms with Crippen molar-refractivity contribution in [2.75, 3.05) is 19.0 Å². The summed E-state index contributed by atoms with van der Waals surface area (Å²) in [6.45, 7) is -0.384. The lowest BCUT2D eigenvalue weighted by molar-refractivity contribution is -0.116. The first kappa shape index (κ1) is 16.4. The number of anilines is 1. The monoisotopic (exact) mass is 338 g/mol. The van der Waals surface area contributed by atoms with Crippen LogP contribution < -0.4 is 5.32 Å². The van der Waals surface area contributed by atoms with Crippen LogP contribution in [0, 0.1) is 0 Å². The summed E-state index contributed by atoms with van der Waals surface area (Å²) >= 11 is 0. The van der Waals surface area contributed by atoms with Crippen LogP contribution in [0.2, 0.25) is 0 Å². The molecule has 2 aromatic carbocycles. The molecule has 0 radical (unpaired) electrons. The molecule has 3 amide bonds. The first-order chi connectivity index (χ1) is 12.0. The highest BCUT2D eigenvalue weighted by Crippen LogP contribution is 2.22. The van der Waals surface area contributed by atoms with Gasteiger partial charge in [0.25, 0.3) is 11.8 Å². The fourth-order valence-corrected chi connectivity index (χ4v) is 2.53. The van der Waals surface area contributed by atoms with Crippen molar-refractivity contribution in [1.29, 1.82) is 0 Å². The molecule has 1 N–H and O–H groups in total. The average molecular weight is 338 g/mol. The van der Waals surface area contributed by atoms with Crippen molar-refractivity contribution < 1.29 is 23.9 Å². The van der Waals surface area contributed by atoms with Gasteiger partial charge in [-0.3, -0.25) is 19.3 Å². The summed E-state index contributed by atoms with van der Waals surface area (Å²) in [6.07, 6.45) is 0. The van der Waals surface area contributed by atoms with Crippen molar-refractivity contribution in [1.82, 2.24) is 4.90 Å². The summed E-state index contributed by atoms with van der Waals surface area (Å²) in [5.74, 6) is -1.97. The van der Waals surface area contributed by atoms with Crippen molar-refractivity contribution >= 4 is 29.4 Å². The minimum atomic E-state index is -0.514. The maximum absolute atomic E-state index is 12.2. The van der Waals surface area contributed by atoms with E-state index in [0.717, 1.165) is 4.90 Å². The first-order valence-corrected chi connectivity index (χ1v) is 7.44. The summed E-state index contributed by atoms with van der Waals surface area (Å²) in [4.78, 5) is 48.9. The Kier molecular flexibility index (Phi) is 4.30. The molecule has 1 aliphatic heterocycles. The van der Waals surface area contributed by atoms with Gasteiger partial charge in [-0.2, -0.15) is 0 Å². The van der Waals surface area contributed by atoms with E-state index >= 15 is 0 Å². The Morgan fingerprint density at radius 1 is 0.960 bits per heavy atom. The van der Waals surface area contributed by atoms with E-state index in [1.54, 1.807) is 24.3 Å². The van der Waals surface area contributed by atoms with E-state index in [4.69, 9.17) is 0 Å². The first-order valence-electron chi connectivity index (χ1n) is 7.44. The van der Waals surface area contributed by atoms with E-state index < -0.39 is 23.7 Å². The molecule has 1 heterocycles. The predicted molar refractivity (Wildman–Crippen MR) is 88.2 cm³/mol. The number of amides is 3. The summed E-state index contributed by atoms with van der Waals surface area (Å²) in [5, 5.41) is 2.58. The summed E-state index contributed by atoms with van der Waals surface area (Å²) < 4.78 is 4.59. The number of methoxy groups -OCH3 is 1. The number of nitrogens with one attached hydrogen (secondary N) is 1. The number of benzene rings is 2. The van der Waals surface area contributed by atoms with Crippen molar-refractivity contribution in [2.24, 2.45) is 0 Å². The minimum absolute atomic E-state index is 0.294. The Hall–Kier alpha value is -3.48. The van der Waals surface area contributed by atoms with Crippen LogP contribution in [0.5, 0.6) is 0 Å². The SMILES string of the molecule is COC(=O)c1ccc(NC(=O)CN2C(=O)c3ccccc3C2=O)cc1. The molecule has 0 spiro atoms. The third kappa shape index (κ3) is 3.12. The second kappa shape index (κ2) is 6.56. The van der Waals surface area contributed by atoms with Gasteiger partial charge >= 0.3 is 5.97 Å². The molecular weight excluding hydrogens is 324 g/mol. The Bertz CT molecular complexity index is 838. The second-order valence-corrected chi connectivity index (χ2v) is 5.36. The molecule has 0 saturated heterocycles. The zero-order valence-corrected chi connectivity index (χ0v) is 13.3. The predicted octanol–water partition coefficient (Wildman–Crippen LogP) is 1.71. The van der Waals surface area contributed by atoms with Gasteiger partial charge in [0.1, 0.15) is 6.54 Å². The summed E-state index contributed by atoms with van der Waals surface area (Å²) in [5.41, 5.74) is 1.38. The number of rotatable bonds is 4. The molecule has 126 valence electrons. The molecule has 0 unspecified atom stereocenters. The largest absolute Gasteiger partial charge is 0.465 e. The van der Waals surface area contributed by atoms with Gasteiger partial charge in [-0.1, -0.05) is 12.1 Å². The smallest absolute Gasteiger partial charge is 0.337 e. The number of fused-ring (bicyclic) bond motifs is 1. The number of nitrogens with zero attached hydrogens (tertiary/aromatic N) is 1. The highest BCUT2D eigenvalue weighted by atomic mass is 16.5. The Balaban J connectivity index is 1.67. The minimum Gasteiger partial charge on any atom is -0.465 e. The molecule has 0 aromatic heterocycles. The molecule has 1 aliphatic rings. The van der Waals surface area contributed by atoms with E-state index in [-0.39, 0.29) is 6.54 Å². The quantitative estimate of drug-likeness (QED) is 0.677. The van der Waals surface area contributed by atoms with Crippen LogP contribution in [0.4, 0.5) is 5.69 Å². The summed E-state index contributed by atoms with van der Waals surface area (Å²) in [7, 11) is 1.28. The van der Waals surface area contributed by atoms with Crippen LogP contribution in [-0.2, 0) is 9.53 Å². The molecule has 25 heavy (non-hydrogen) atoms. The van der Waals surface area contributed by atoms with E-state index in [1.165, 1.54) is 31.4 Å². The van der Waals surface area contributed by atoms with E-state index in [0.29, 0.717) is 22.4 Å². The van der Waals surface area contributed by atoms with Gasteiger partial charge in [0.15, 0.2) is 0 Å². The Labute approximate surface area is 143 Å². The van der Waals surface area contributed by atoms with E-state index in [9.17, 15) is 19.2 Å². The number of carbonyl (C=O) groups excluding carboxylic acids is 4. The molecule has 0 atom stereocenters. The molecule has 7 heteroatoms. The molecule has 0 aliphatic carbocycles. The zero-order chi connectivity index (χ0) is 18.0. The van der Waals surface area contributed by atoms with Gasteiger partial charge in [0.2, 0.25) is 5.91 Å². The standard InChI is InChI=1S/C18H14N2O5/c1-25-18(24)11-6-8-12(9-7-11)19-15(21)10-20-16(22)13-4-2-3-5-14(13)17(20)23/h2-9H,10H2,1H3,(H,19,21). The topological polar surface area (TPSA) is 92.8 Å². The molecule has 7 nitrogen and oxygen atoms in total. The maximum Gasteiger partial charge on any atom is 0.337 e. The molecule has 0 fully saturated rings. The lowest BCUT2D eigenvalue weighted by atomic mass is 10.1. The van der Waals surface area contributed by atoms with Gasteiger partial charge < -0.3 is 10.1 Å². The van der Waals surface area contributed by atoms with E-state index in [2.05, 4.69) is 10.1 Å². The van der Waals surface area contributed by atoms with Crippen molar-refractivity contribution in [2.45, 2.75) is 0 Å². The van der Waals surface area contributed by atoms with Crippen LogP contribution in [0.25, 0.3) is 0 Å². The number of ether oxygens (including phenoxy) is 1. The molecule has 2 aromatic rings. The van der Waals surface area contributed by atoms with Crippen LogP contribution in [0.1, 0.15) is 31.1 Å². The van der Waals surface area contributed by atoms with Gasteiger partial charge in [-0.05, 0) is 36.4 Å². The molecule has 0 saturated carbocycles. The van der Waals surface area contributed by atoms with Crippen molar-refractivity contribution in [3.8, 4) is 0 Å². The lowest BCUT2D eigenvalue weighted by Crippen LogP contribution is -2.37.